The molecule has 0 saturated heterocycles. The van der Waals surface area contributed by atoms with E-state index >= 15 is 0 Å². The number of hydrogen-bond donors (Lipinski definition) is 1. The topological polar surface area (TPSA) is 29.1 Å². The van der Waals surface area contributed by atoms with Gasteiger partial charge in [-0.1, -0.05) is 13.8 Å². The highest BCUT2D eigenvalue weighted by Gasteiger charge is 2.12. The van der Waals surface area contributed by atoms with Crippen LogP contribution < -0.4 is 5.32 Å². The Morgan fingerprint density at radius 3 is 2.54 bits per heavy atom. The molecule has 0 bridgehead atoms. The lowest BCUT2D eigenvalue weighted by Crippen LogP contribution is -2.30. The summed E-state index contributed by atoms with van der Waals surface area (Å²) in [6.45, 7) is 4.78. The Morgan fingerprint density at radius 2 is 2.08 bits per heavy atom. The van der Waals surface area contributed by atoms with E-state index in [2.05, 4.69) is 11.2 Å². The second-order valence-corrected chi connectivity index (χ2v) is 3.11. The third kappa shape index (κ3) is 5.30. The van der Waals surface area contributed by atoms with Crippen LogP contribution in [0.1, 0.15) is 39.5 Å². The number of carbonyl (C=O) groups excluding carboxylic acids is 1. The molecule has 2 heteroatoms. The molecule has 0 fully saturated rings. The van der Waals surface area contributed by atoms with Crippen LogP contribution in [0.15, 0.2) is 0 Å². The number of nitrogens with one attached hydrogen (secondary N) is 1. The molecule has 0 spiro atoms. The molecule has 0 aliphatic rings. The van der Waals surface area contributed by atoms with Crippen LogP contribution in [0, 0.1) is 18.3 Å². The van der Waals surface area contributed by atoms with Crippen molar-refractivity contribution in [1.29, 1.82) is 0 Å². The van der Waals surface area contributed by atoms with E-state index in [0.29, 0.717) is 6.54 Å². The molecule has 0 aromatic rings. The van der Waals surface area contributed by atoms with Crippen LogP contribution in [0.3, 0.4) is 0 Å². The van der Waals surface area contributed by atoms with Gasteiger partial charge in [-0.25, -0.2) is 0 Å². The van der Waals surface area contributed by atoms with Crippen LogP contribution in [0.25, 0.3) is 0 Å². The summed E-state index contributed by atoms with van der Waals surface area (Å²) in [4.78, 5) is 11.4. The SMILES string of the molecule is C#CCCCNC(=O)C(CC)CC. The van der Waals surface area contributed by atoms with Gasteiger partial charge in [-0.05, 0) is 19.3 Å². The van der Waals surface area contributed by atoms with E-state index in [9.17, 15) is 4.79 Å². The van der Waals surface area contributed by atoms with E-state index in [1.807, 2.05) is 13.8 Å². The second-order valence-electron chi connectivity index (χ2n) is 3.11. The summed E-state index contributed by atoms with van der Waals surface area (Å²) in [5, 5.41) is 2.88. The van der Waals surface area contributed by atoms with Crippen molar-refractivity contribution >= 4 is 5.91 Å². The van der Waals surface area contributed by atoms with E-state index < -0.39 is 0 Å². The minimum absolute atomic E-state index is 0.169. The van der Waals surface area contributed by atoms with Gasteiger partial charge in [-0.15, -0.1) is 12.3 Å². The van der Waals surface area contributed by atoms with Gasteiger partial charge in [-0.3, -0.25) is 4.79 Å². The molecule has 1 amide bonds. The molecule has 0 aliphatic carbocycles. The Balaban J connectivity index is 3.55. The van der Waals surface area contributed by atoms with Gasteiger partial charge in [0.2, 0.25) is 5.91 Å². The first-order valence-corrected chi connectivity index (χ1v) is 4.97. The van der Waals surface area contributed by atoms with Gasteiger partial charge in [0, 0.05) is 18.9 Å². The van der Waals surface area contributed by atoms with Crippen molar-refractivity contribution in [1.82, 2.24) is 5.32 Å². The zero-order chi connectivity index (χ0) is 10.1. The standard InChI is InChI=1S/C11H19NO/c1-4-7-8-9-12-11(13)10(5-2)6-3/h1,10H,5-9H2,2-3H3,(H,12,13). The molecule has 0 aliphatic heterocycles. The minimum Gasteiger partial charge on any atom is -0.356 e. The Labute approximate surface area is 81.1 Å². The van der Waals surface area contributed by atoms with E-state index in [-0.39, 0.29) is 11.8 Å². The number of terminal acetylenes is 1. The van der Waals surface area contributed by atoms with E-state index in [0.717, 1.165) is 25.7 Å². The maximum atomic E-state index is 11.4. The number of hydrogen-bond acceptors (Lipinski definition) is 1. The van der Waals surface area contributed by atoms with Crippen LogP contribution >= 0.6 is 0 Å². The molecule has 0 atom stereocenters. The number of rotatable bonds is 6. The van der Waals surface area contributed by atoms with Crippen LogP contribution in [0.4, 0.5) is 0 Å². The Kier molecular flexibility index (Phi) is 7.10. The van der Waals surface area contributed by atoms with Gasteiger partial charge in [0.1, 0.15) is 0 Å². The third-order valence-electron chi connectivity index (χ3n) is 2.15. The number of amides is 1. The van der Waals surface area contributed by atoms with Gasteiger partial charge < -0.3 is 5.32 Å². The average Bonchev–Trinajstić information content (AvgIpc) is 2.14. The van der Waals surface area contributed by atoms with Crippen molar-refractivity contribution < 1.29 is 4.79 Å². The first-order valence-electron chi connectivity index (χ1n) is 4.97. The molecule has 1 N–H and O–H groups in total. The van der Waals surface area contributed by atoms with Crippen molar-refractivity contribution in [3.8, 4) is 12.3 Å². The summed E-state index contributed by atoms with van der Waals surface area (Å²) in [6, 6.07) is 0. The van der Waals surface area contributed by atoms with Crippen LogP contribution in [0.2, 0.25) is 0 Å². The summed E-state index contributed by atoms with van der Waals surface area (Å²) in [7, 11) is 0. The van der Waals surface area contributed by atoms with E-state index in [4.69, 9.17) is 6.42 Å². The van der Waals surface area contributed by atoms with Gasteiger partial charge >= 0.3 is 0 Å². The Morgan fingerprint density at radius 1 is 1.46 bits per heavy atom. The summed E-state index contributed by atoms with van der Waals surface area (Å²) >= 11 is 0. The largest absolute Gasteiger partial charge is 0.356 e. The fourth-order valence-electron chi connectivity index (χ4n) is 1.21. The molecular formula is C11H19NO. The minimum atomic E-state index is 0.169. The molecule has 0 radical (unpaired) electrons. The van der Waals surface area contributed by atoms with Gasteiger partial charge in [0.15, 0.2) is 0 Å². The molecule has 0 heterocycles. The molecular weight excluding hydrogens is 162 g/mol. The van der Waals surface area contributed by atoms with Gasteiger partial charge in [0.25, 0.3) is 0 Å². The molecule has 0 aromatic heterocycles. The molecule has 0 rings (SSSR count). The van der Waals surface area contributed by atoms with Gasteiger partial charge in [0.05, 0.1) is 0 Å². The average molecular weight is 181 g/mol. The highest BCUT2D eigenvalue weighted by atomic mass is 16.1. The molecule has 0 saturated carbocycles. The van der Waals surface area contributed by atoms with Crippen molar-refractivity contribution in [3.05, 3.63) is 0 Å². The predicted octanol–water partition coefficient (Wildman–Crippen LogP) is 1.95. The zero-order valence-electron chi connectivity index (χ0n) is 8.60. The third-order valence-corrected chi connectivity index (χ3v) is 2.15. The lowest BCUT2D eigenvalue weighted by Gasteiger charge is -2.11. The quantitative estimate of drug-likeness (QED) is 0.492. The first-order chi connectivity index (χ1) is 6.26. The van der Waals surface area contributed by atoms with Crippen molar-refractivity contribution in [2.24, 2.45) is 5.92 Å². The number of unbranched alkanes of at least 4 members (excludes halogenated alkanes) is 1. The summed E-state index contributed by atoms with van der Waals surface area (Å²) in [5.41, 5.74) is 0. The summed E-state index contributed by atoms with van der Waals surface area (Å²) in [5.74, 6) is 2.89. The highest BCUT2D eigenvalue weighted by Crippen LogP contribution is 2.06. The fourth-order valence-corrected chi connectivity index (χ4v) is 1.21. The van der Waals surface area contributed by atoms with Crippen LogP contribution in [-0.4, -0.2) is 12.5 Å². The van der Waals surface area contributed by atoms with Gasteiger partial charge in [-0.2, -0.15) is 0 Å². The normalized spacial score (nSPS) is 9.69. The Hall–Kier alpha value is -0.970. The summed E-state index contributed by atoms with van der Waals surface area (Å²) in [6.07, 6.45) is 8.54. The zero-order valence-corrected chi connectivity index (χ0v) is 8.60. The monoisotopic (exact) mass is 181 g/mol. The second kappa shape index (κ2) is 7.67. The molecule has 0 aromatic carbocycles. The lowest BCUT2D eigenvalue weighted by molar-refractivity contribution is -0.125. The number of carbonyl (C=O) groups is 1. The van der Waals surface area contributed by atoms with Crippen LogP contribution in [-0.2, 0) is 4.79 Å². The van der Waals surface area contributed by atoms with Crippen molar-refractivity contribution in [2.45, 2.75) is 39.5 Å². The van der Waals surface area contributed by atoms with Crippen LogP contribution in [0.5, 0.6) is 0 Å². The maximum Gasteiger partial charge on any atom is 0.223 e. The smallest absolute Gasteiger partial charge is 0.223 e. The first kappa shape index (κ1) is 12.0. The Bertz CT molecular complexity index is 177. The molecule has 0 unspecified atom stereocenters. The van der Waals surface area contributed by atoms with E-state index in [1.54, 1.807) is 0 Å². The highest BCUT2D eigenvalue weighted by molar-refractivity contribution is 5.78. The van der Waals surface area contributed by atoms with E-state index in [1.165, 1.54) is 0 Å². The molecule has 13 heavy (non-hydrogen) atoms. The fraction of sp³-hybridized carbons (Fsp3) is 0.727. The van der Waals surface area contributed by atoms with Crippen molar-refractivity contribution in [3.63, 3.8) is 0 Å². The molecule has 2 nitrogen and oxygen atoms in total. The van der Waals surface area contributed by atoms with Crippen molar-refractivity contribution in [2.75, 3.05) is 6.54 Å². The molecule has 74 valence electrons. The summed E-state index contributed by atoms with van der Waals surface area (Å²) < 4.78 is 0. The lowest BCUT2D eigenvalue weighted by atomic mass is 10.0. The predicted molar refractivity (Wildman–Crippen MR) is 55.1 cm³/mol. The maximum absolute atomic E-state index is 11.4.